The zero-order chi connectivity index (χ0) is 22.1. The molecule has 32 heavy (non-hydrogen) atoms. The van der Waals surface area contributed by atoms with Crippen molar-refractivity contribution in [1.29, 1.82) is 0 Å². The van der Waals surface area contributed by atoms with Crippen LogP contribution >= 0.6 is 0 Å². The van der Waals surface area contributed by atoms with Crippen LogP contribution in [0.25, 0.3) is 0 Å². The van der Waals surface area contributed by atoms with Crippen LogP contribution in [0.2, 0.25) is 0 Å². The summed E-state index contributed by atoms with van der Waals surface area (Å²) in [5, 5.41) is 0. The number of carbonyl (C=O) groups excluding carboxylic acids is 1. The second-order valence-electron chi connectivity index (χ2n) is 8.87. The molecule has 0 radical (unpaired) electrons. The maximum atomic E-state index is 13.6. The van der Waals surface area contributed by atoms with Gasteiger partial charge in [0.05, 0.1) is 32.3 Å². The molecule has 0 N–H and O–H groups in total. The Bertz CT molecular complexity index is 961. The number of halogens is 1. The Morgan fingerprint density at radius 2 is 1.88 bits per heavy atom. The zero-order valence-electron chi connectivity index (χ0n) is 18.5. The summed E-state index contributed by atoms with van der Waals surface area (Å²) in [6, 6.07) is 13.0. The minimum atomic E-state index is -0.215. The summed E-state index contributed by atoms with van der Waals surface area (Å²) in [6.45, 7) is 5.84. The molecule has 170 valence electrons. The lowest BCUT2D eigenvalue weighted by atomic mass is 9.82. The lowest BCUT2D eigenvalue weighted by Crippen LogP contribution is -2.61. The molecule has 2 aromatic carbocycles. The Kier molecular flexibility index (Phi) is 6.02. The number of nitrogens with zero attached hydrogens (tertiary/aromatic N) is 3. The zero-order valence-corrected chi connectivity index (χ0v) is 18.5. The monoisotopic (exact) mass is 439 g/mol. The van der Waals surface area contributed by atoms with E-state index >= 15 is 0 Å². The van der Waals surface area contributed by atoms with Crippen LogP contribution in [0.1, 0.15) is 11.1 Å². The van der Waals surface area contributed by atoms with E-state index in [1.54, 1.807) is 7.11 Å². The van der Waals surface area contributed by atoms with Crippen LogP contribution in [0.4, 0.5) is 10.1 Å². The molecule has 2 saturated heterocycles. The van der Waals surface area contributed by atoms with Crippen molar-refractivity contribution in [1.82, 2.24) is 9.80 Å². The number of hydrogen-bond donors (Lipinski definition) is 0. The van der Waals surface area contributed by atoms with E-state index in [0.717, 1.165) is 43.9 Å². The van der Waals surface area contributed by atoms with Gasteiger partial charge in [-0.05, 0) is 35.7 Å². The highest BCUT2D eigenvalue weighted by Gasteiger charge is 2.43. The molecule has 0 saturated carbocycles. The fraction of sp³-hybridized carbons (Fsp3) is 0.480. The number of benzene rings is 2. The van der Waals surface area contributed by atoms with Gasteiger partial charge in [0.1, 0.15) is 11.6 Å². The summed E-state index contributed by atoms with van der Waals surface area (Å²) < 4.78 is 24.3. The van der Waals surface area contributed by atoms with E-state index in [9.17, 15) is 9.18 Å². The van der Waals surface area contributed by atoms with Gasteiger partial charge in [0, 0.05) is 51.0 Å². The third-order valence-corrected chi connectivity index (χ3v) is 6.97. The highest BCUT2D eigenvalue weighted by atomic mass is 19.1. The van der Waals surface area contributed by atoms with Gasteiger partial charge < -0.3 is 19.3 Å². The first-order valence-corrected chi connectivity index (χ1v) is 11.4. The minimum absolute atomic E-state index is 0.0926. The summed E-state index contributed by atoms with van der Waals surface area (Å²) in [5.41, 5.74) is 3.48. The van der Waals surface area contributed by atoms with Gasteiger partial charge in [-0.3, -0.25) is 9.69 Å². The van der Waals surface area contributed by atoms with Crippen molar-refractivity contribution in [2.45, 2.75) is 19.0 Å². The summed E-state index contributed by atoms with van der Waals surface area (Å²) in [5.74, 6) is 0.764. The Hall–Kier alpha value is -2.64. The van der Waals surface area contributed by atoms with Crippen molar-refractivity contribution in [2.75, 3.05) is 57.9 Å². The van der Waals surface area contributed by atoms with Gasteiger partial charge in [0.15, 0.2) is 0 Å². The van der Waals surface area contributed by atoms with Crippen LogP contribution in [0.15, 0.2) is 42.5 Å². The highest BCUT2D eigenvalue weighted by Crippen LogP contribution is 2.39. The number of anilines is 1. The van der Waals surface area contributed by atoms with Crippen molar-refractivity contribution in [3.05, 3.63) is 59.4 Å². The molecule has 3 aliphatic heterocycles. The van der Waals surface area contributed by atoms with Crippen molar-refractivity contribution >= 4 is 11.6 Å². The van der Waals surface area contributed by atoms with Crippen LogP contribution in [0.5, 0.6) is 5.75 Å². The van der Waals surface area contributed by atoms with Crippen LogP contribution in [0, 0.1) is 11.7 Å². The second kappa shape index (κ2) is 9.08. The number of amides is 1. The predicted octanol–water partition coefficient (Wildman–Crippen LogP) is 2.56. The van der Waals surface area contributed by atoms with Gasteiger partial charge in [-0.25, -0.2) is 4.39 Å². The van der Waals surface area contributed by atoms with Gasteiger partial charge in [-0.2, -0.15) is 0 Å². The molecule has 2 fully saturated rings. The molecule has 2 aromatic rings. The molecule has 3 heterocycles. The highest BCUT2D eigenvalue weighted by molar-refractivity contribution is 5.82. The molecule has 5 rings (SSSR count). The molecular formula is C25H30FN3O3. The summed E-state index contributed by atoms with van der Waals surface area (Å²) >= 11 is 0. The van der Waals surface area contributed by atoms with Gasteiger partial charge in [-0.15, -0.1) is 0 Å². The molecule has 0 unspecified atom stereocenters. The average Bonchev–Trinajstić information content (AvgIpc) is 2.84. The SMILES string of the molecule is COc1ccc2c(c1)N1CCN(Cc3ccc(F)cc3)C[C@H]1[C@H](C(=O)N1CCOCC1)C2. The number of piperazine rings is 1. The van der Waals surface area contributed by atoms with Crippen molar-refractivity contribution in [2.24, 2.45) is 5.92 Å². The van der Waals surface area contributed by atoms with E-state index in [0.29, 0.717) is 26.3 Å². The maximum Gasteiger partial charge on any atom is 0.228 e. The maximum absolute atomic E-state index is 13.6. The van der Waals surface area contributed by atoms with E-state index < -0.39 is 0 Å². The number of ether oxygens (including phenoxy) is 2. The van der Waals surface area contributed by atoms with Crippen LogP contribution in [-0.4, -0.2) is 74.8 Å². The Morgan fingerprint density at radius 3 is 2.62 bits per heavy atom. The first-order chi connectivity index (χ1) is 15.6. The number of fused-ring (bicyclic) bond motifs is 3. The lowest BCUT2D eigenvalue weighted by molar-refractivity contribution is -0.141. The topological polar surface area (TPSA) is 45.2 Å². The fourth-order valence-electron chi connectivity index (χ4n) is 5.26. The predicted molar refractivity (Wildman–Crippen MR) is 120 cm³/mol. The third kappa shape index (κ3) is 4.19. The normalized spacial score (nSPS) is 23.4. The van der Waals surface area contributed by atoms with E-state index in [2.05, 4.69) is 21.9 Å². The summed E-state index contributed by atoms with van der Waals surface area (Å²) in [4.78, 5) is 20.4. The average molecular weight is 440 g/mol. The smallest absolute Gasteiger partial charge is 0.228 e. The standard InChI is InChI=1S/C25H30FN3O3/c1-31-21-7-4-19-14-22(25(30)28-10-12-32-13-11-28)24-17-27(8-9-29(24)23(19)15-21)16-18-2-5-20(26)6-3-18/h2-7,15,22,24H,8-14,16-17H2,1H3/t22-,24+/m1/s1. The van der Waals surface area contributed by atoms with Gasteiger partial charge >= 0.3 is 0 Å². The Labute approximate surface area is 188 Å². The largest absolute Gasteiger partial charge is 0.497 e. The number of hydrogen-bond acceptors (Lipinski definition) is 5. The number of carbonyl (C=O) groups is 1. The lowest BCUT2D eigenvalue weighted by Gasteiger charge is -2.50. The molecular weight excluding hydrogens is 409 g/mol. The summed E-state index contributed by atoms with van der Waals surface area (Å²) in [7, 11) is 1.69. The Morgan fingerprint density at radius 1 is 1.09 bits per heavy atom. The second-order valence-corrected chi connectivity index (χ2v) is 8.87. The molecule has 0 aromatic heterocycles. The van der Waals surface area contributed by atoms with Crippen molar-refractivity contribution in [3.8, 4) is 5.75 Å². The van der Waals surface area contributed by atoms with Crippen molar-refractivity contribution in [3.63, 3.8) is 0 Å². The third-order valence-electron chi connectivity index (χ3n) is 6.97. The van der Waals surface area contributed by atoms with E-state index in [1.165, 1.54) is 23.4 Å². The summed E-state index contributed by atoms with van der Waals surface area (Å²) in [6.07, 6.45) is 0.737. The van der Waals surface area contributed by atoms with Crippen LogP contribution < -0.4 is 9.64 Å². The first-order valence-electron chi connectivity index (χ1n) is 11.4. The first kappa shape index (κ1) is 21.2. The molecule has 0 spiro atoms. The van der Waals surface area contributed by atoms with Crippen LogP contribution in [0.3, 0.4) is 0 Å². The fourth-order valence-corrected chi connectivity index (χ4v) is 5.26. The van der Waals surface area contributed by atoms with E-state index in [-0.39, 0.29) is 23.7 Å². The molecule has 1 amide bonds. The van der Waals surface area contributed by atoms with Gasteiger partial charge in [0.25, 0.3) is 0 Å². The number of methoxy groups -OCH3 is 1. The number of morpholine rings is 1. The van der Waals surface area contributed by atoms with Gasteiger partial charge in [-0.1, -0.05) is 18.2 Å². The molecule has 3 aliphatic rings. The molecule has 7 heteroatoms. The minimum Gasteiger partial charge on any atom is -0.497 e. The van der Waals surface area contributed by atoms with E-state index in [4.69, 9.17) is 9.47 Å². The van der Waals surface area contributed by atoms with E-state index in [1.807, 2.05) is 23.1 Å². The van der Waals surface area contributed by atoms with Gasteiger partial charge in [0.2, 0.25) is 5.91 Å². The van der Waals surface area contributed by atoms with Crippen molar-refractivity contribution < 1.29 is 18.7 Å². The quantitative estimate of drug-likeness (QED) is 0.733. The molecule has 0 aliphatic carbocycles. The molecule has 2 atom stereocenters. The molecule has 6 nitrogen and oxygen atoms in total. The Balaban J connectivity index is 1.41. The molecule has 0 bridgehead atoms. The van der Waals surface area contributed by atoms with Crippen LogP contribution in [-0.2, 0) is 22.5 Å². The number of rotatable bonds is 4.